The van der Waals surface area contributed by atoms with Crippen molar-refractivity contribution in [2.24, 2.45) is 0 Å². The molecule has 5 nitrogen and oxygen atoms in total. The van der Waals surface area contributed by atoms with Crippen LogP contribution in [0.4, 0.5) is 0 Å². The van der Waals surface area contributed by atoms with Crippen LogP contribution >= 0.6 is 11.3 Å². The molecule has 0 aromatic carbocycles. The maximum atomic E-state index is 11.3. The number of aliphatic carboxylic acids is 1. The first-order valence-electron chi connectivity index (χ1n) is 7.05. The summed E-state index contributed by atoms with van der Waals surface area (Å²) >= 11 is 1.58. The summed E-state index contributed by atoms with van der Waals surface area (Å²) in [6, 6.07) is 3.79. The van der Waals surface area contributed by atoms with Crippen molar-refractivity contribution in [3.8, 4) is 10.8 Å². The molecule has 1 aliphatic rings. The molecule has 3 rings (SSSR count). The first kappa shape index (κ1) is 14.3. The number of thiophene rings is 1. The lowest BCUT2D eigenvalue weighted by Gasteiger charge is -2.25. The van der Waals surface area contributed by atoms with Crippen LogP contribution in [-0.4, -0.2) is 33.0 Å². The Morgan fingerprint density at radius 1 is 1.62 bits per heavy atom. The van der Waals surface area contributed by atoms with E-state index in [0.717, 1.165) is 29.2 Å². The third kappa shape index (κ3) is 3.01. The SMILES string of the molecule is Cc1oc(-c2cccs2)nc1CN(C1CC1)C(C)C(=O)O. The van der Waals surface area contributed by atoms with Crippen LogP contribution in [0.1, 0.15) is 31.2 Å². The third-order valence-corrected chi connectivity index (χ3v) is 4.69. The molecule has 1 unspecified atom stereocenters. The van der Waals surface area contributed by atoms with Crippen LogP contribution in [0, 0.1) is 6.92 Å². The minimum absolute atomic E-state index is 0.359. The van der Waals surface area contributed by atoms with E-state index in [1.54, 1.807) is 18.3 Å². The summed E-state index contributed by atoms with van der Waals surface area (Å²) in [4.78, 5) is 18.8. The lowest BCUT2D eigenvalue weighted by molar-refractivity contribution is -0.143. The average molecular weight is 306 g/mol. The van der Waals surface area contributed by atoms with Crippen molar-refractivity contribution >= 4 is 17.3 Å². The molecule has 1 saturated carbocycles. The van der Waals surface area contributed by atoms with Gasteiger partial charge in [0.05, 0.1) is 10.6 Å². The predicted molar refractivity (Wildman–Crippen MR) is 80.2 cm³/mol. The van der Waals surface area contributed by atoms with E-state index in [4.69, 9.17) is 4.42 Å². The topological polar surface area (TPSA) is 66.6 Å². The fourth-order valence-electron chi connectivity index (χ4n) is 2.38. The van der Waals surface area contributed by atoms with Crippen LogP contribution in [0.25, 0.3) is 10.8 Å². The molecule has 2 aromatic rings. The van der Waals surface area contributed by atoms with E-state index in [1.807, 2.05) is 29.3 Å². The molecule has 1 fully saturated rings. The first-order valence-corrected chi connectivity index (χ1v) is 7.93. The average Bonchev–Trinajstić information content (AvgIpc) is 3.00. The summed E-state index contributed by atoms with van der Waals surface area (Å²) in [5.41, 5.74) is 0.832. The standard InChI is InChI=1S/C15H18N2O3S/c1-9(15(18)19)17(11-5-6-11)8-12-10(2)20-14(16-12)13-4-3-7-21-13/h3-4,7,9,11H,5-6,8H2,1-2H3,(H,18,19). The second kappa shape index (κ2) is 5.61. The summed E-state index contributed by atoms with van der Waals surface area (Å²) in [5, 5.41) is 11.2. The van der Waals surface area contributed by atoms with Gasteiger partial charge in [-0.25, -0.2) is 4.98 Å². The summed E-state index contributed by atoms with van der Waals surface area (Å²) in [6.45, 7) is 4.14. The highest BCUT2D eigenvalue weighted by Crippen LogP contribution is 2.32. The van der Waals surface area contributed by atoms with Crippen molar-refractivity contribution in [1.29, 1.82) is 0 Å². The van der Waals surface area contributed by atoms with Gasteiger partial charge in [0.2, 0.25) is 5.89 Å². The second-order valence-electron chi connectivity index (χ2n) is 5.42. The predicted octanol–water partition coefficient (Wildman–Crippen LogP) is 3.15. The zero-order valence-electron chi connectivity index (χ0n) is 12.1. The monoisotopic (exact) mass is 306 g/mol. The Bertz CT molecular complexity index is 631. The Morgan fingerprint density at radius 2 is 2.38 bits per heavy atom. The molecule has 0 bridgehead atoms. The molecule has 1 N–H and O–H groups in total. The molecule has 112 valence electrons. The molecule has 0 spiro atoms. The van der Waals surface area contributed by atoms with Crippen molar-refractivity contribution in [2.45, 2.75) is 45.3 Å². The van der Waals surface area contributed by atoms with E-state index in [-0.39, 0.29) is 0 Å². The van der Waals surface area contributed by atoms with Gasteiger partial charge in [0.15, 0.2) is 0 Å². The largest absolute Gasteiger partial charge is 0.480 e. The zero-order valence-corrected chi connectivity index (χ0v) is 12.9. The lowest BCUT2D eigenvalue weighted by Crippen LogP contribution is -2.40. The summed E-state index contributed by atoms with van der Waals surface area (Å²) in [6.07, 6.45) is 2.12. The Hall–Kier alpha value is -1.66. The van der Waals surface area contributed by atoms with E-state index in [1.165, 1.54) is 0 Å². The molecule has 2 heterocycles. The second-order valence-corrected chi connectivity index (χ2v) is 6.36. The number of oxazole rings is 1. The minimum Gasteiger partial charge on any atom is -0.480 e. The van der Waals surface area contributed by atoms with Gasteiger partial charge < -0.3 is 9.52 Å². The van der Waals surface area contributed by atoms with Crippen molar-refractivity contribution in [2.75, 3.05) is 0 Å². The van der Waals surface area contributed by atoms with Crippen LogP contribution < -0.4 is 0 Å². The molecule has 1 aliphatic carbocycles. The van der Waals surface area contributed by atoms with Crippen molar-refractivity contribution in [3.05, 3.63) is 29.0 Å². The van der Waals surface area contributed by atoms with Crippen molar-refractivity contribution in [3.63, 3.8) is 0 Å². The van der Waals surface area contributed by atoms with Gasteiger partial charge in [0.25, 0.3) is 0 Å². The molecular weight excluding hydrogens is 288 g/mol. The molecule has 0 radical (unpaired) electrons. The van der Waals surface area contributed by atoms with Gasteiger partial charge in [-0.15, -0.1) is 11.3 Å². The van der Waals surface area contributed by atoms with Gasteiger partial charge in [0, 0.05) is 12.6 Å². The lowest BCUT2D eigenvalue weighted by atomic mass is 10.2. The van der Waals surface area contributed by atoms with E-state index >= 15 is 0 Å². The molecular formula is C15H18N2O3S. The zero-order chi connectivity index (χ0) is 15.0. The Morgan fingerprint density at radius 3 is 2.95 bits per heavy atom. The van der Waals surface area contributed by atoms with Crippen LogP contribution in [0.2, 0.25) is 0 Å². The van der Waals surface area contributed by atoms with Crippen LogP contribution in [0.3, 0.4) is 0 Å². The molecule has 2 aromatic heterocycles. The quantitative estimate of drug-likeness (QED) is 0.888. The molecule has 1 atom stereocenters. The van der Waals surface area contributed by atoms with Gasteiger partial charge >= 0.3 is 5.97 Å². The number of carboxylic acids is 1. The van der Waals surface area contributed by atoms with Crippen LogP contribution in [0.5, 0.6) is 0 Å². The number of carbonyl (C=O) groups is 1. The summed E-state index contributed by atoms with van der Waals surface area (Å²) in [5.74, 6) is 0.597. The highest BCUT2D eigenvalue weighted by atomic mass is 32.1. The van der Waals surface area contributed by atoms with Crippen molar-refractivity contribution < 1.29 is 14.3 Å². The first-order chi connectivity index (χ1) is 10.1. The Kier molecular flexibility index (Phi) is 3.82. The maximum absolute atomic E-state index is 11.3. The minimum atomic E-state index is -0.790. The Labute approximate surface area is 127 Å². The number of aryl methyl sites for hydroxylation is 1. The third-order valence-electron chi connectivity index (χ3n) is 3.83. The number of nitrogens with zero attached hydrogens (tertiary/aromatic N) is 2. The number of aromatic nitrogens is 1. The highest BCUT2D eigenvalue weighted by Gasteiger charge is 2.35. The van der Waals surface area contributed by atoms with Crippen molar-refractivity contribution in [1.82, 2.24) is 9.88 Å². The Balaban J connectivity index is 1.81. The van der Waals surface area contributed by atoms with E-state index in [2.05, 4.69) is 4.98 Å². The smallest absolute Gasteiger partial charge is 0.320 e. The fraction of sp³-hybridized carbons (Fsp3) is 0.467. The normalized spacial score (nSPS) is 16.3. The van der Waals surface area contributed by atoms with Gasteiger partial charge in [-0.1, -0.05) is 6.07 Å². The number of carboxylic acid groups (broad SMARTS) is 1. The summed E-state index contributed by atoms with van der Waals surface area (Å²) < 4.78 is 5.73. The maximum Gasteiger partial charge on any atom is 0.320 e. The molecule has 21 heavy (non-hydrogen) atoms. The van der Waals surface area contributed by atoms with E-state index in [0.29, 0.717) is 18.5 Å². The van der Waals surface area contributed by atoms with Crippen LogP contribution in [0.15, 0.2) is 21.9 Å². The number of rotatable bonds is 6. The fourth-order valence-corrected chi connectivity index (χ4v) is 3.03. The molecule has 6 heteroatoms. The number of hydrogen-bond donors (Lipinski definition) is 1. The number of hydrogen-bond acceptors (Lipinski definition) is 5. The molecule has 0 amide bonds. The van der Waals surface area contributed by atoms with Gasteiger partial charge in [-0.2, -0.15) is 0 Å². The van der Waals surface area contributed by atoms with E-state index in [9.17, 15) is 9.90 Å². The van der Waals surface area contributed by atoms with Crippen LogP contribution in [-0.2, 0) is 11.3 Å². The van der Waals surface area contributed by atoms with Gasteiger partial charge in [0.1, 0.15) is 11.8 Å². The van der Waals surface area contributed by atoms with Gasteiger partial charge in [-0.05, 0) is 38.1 Å². The van der Waals surface area contributed by atoms with E-state index < -0.39 is 12.0 Å². The summed E-state index contributed by atoms with van der Waals surface area (Å²) in [7, 11) is 0. The molecule has 0 saturated heterocycles. The van der Waals surface area contributed by atoms with Gasteiger partial charge in [-0.3, -0.25) is 9.69 Å². The highest BCUT2D eigenvalue weighted by molar-refractivity contribution is 7.13. The molecule has 0 aliphatic heterocycles.